The van der Waals surface area contributed by atoms with Crippen LogP contribution in [0, 0.1) is 19.8 Å². The quantitative estimate of drug-likeness (QED) is 0.702. The Morgan fingerprint density at radius 2 is 1.86 bits per heavy atom. The van der Waals surface area contributed by atoms with Gasteiger partial charge in [-0.2, -0.15) is 0 Å². The number of nitrogens with one attached hydrogen (secondary N) is 1. The normalized spacial score (nSPS) is 15.4. The first kappa shape index (κ1) is 20.7. The molecule has 0 bridgehead atoms. The van der Waals surface area contributed by atoms with Crippen LogP contribution in [0.5, 0.6) is 5.75 Å². The molecule has 0 saturated carbocycles. The number of amides is 1. The van der Waals surface area contributed by atoms with Gasteiger partial charge in [-0.25, -0.2) is 0 Å². The molecule has 1 N–H and O–H groups in total. The number of piperidine rings is 1. The fourth-order valence-electron chi connectivity index (χ4n) is 3.56. The van der Waals surface area contributed by atoms with Crippen molar-refractivity contribution in [3.63, 3.8) is 0 Å². The number of likely N-dealkylation sites (tertiary alicyclic amines) is 1. The summed E-state index contributed by atoms with van der Waals surface area (Å²) in [5.74, 6) is 1.14. The Hall–Kier alpha value is -2.04. The Morgan fingerprint density at radius 1 is 1.14 bits per heavy atom. The van der Waals surface area contributed by atoms with E-state index >= 15 is 0 Å². The van der Waals surface area contributed by atoms with Gasteiger partial charge in [-0.15, -0.1) is 0 Å². The summed E-state index contributed by atoms with van der Waals surface area (Å²) in [6.45, 7) is 7.96. The maximum absolute atomic E-state index is 12.4. The number of carbonyl (C=O) groups is 1. The smallest absolute Gasteiger partial charge is 0.223 e. The van der Waals surface area contributed by atoms with Crippen molar-refractivity contribution in [2.24, 2.45) is 5.92 Å². The van der Waals surface area contributed by atoms with Crippen LogP contribution in [0.4, 0.5) is 0 Å². The molecule has 4 nitrogen and oxygen atoms in total. The lowest BCUT2D eigenvalue weighted by Gasteiger charge is -2.31. The molecule has 0 spiro atoms. The minimum atomic E-state index is 0.0992. The van der Waals surface area contributed by atoms with Gasteiger partial charge in [-0.1, -0.05) is 35.9 Å². The van der Waals surface area contributed by atoms with Crippen molar-refractivity contribution in [2.45, 2.75) is 33.2 Å². The van der Waals surface area contributed by atoms with Gasteiger partial charge in [0.2, 0.25) is 5.91 Å². The van der Waals surface area contributed by atoms with Gasteiger partial charge in [0.05, 0.1) is 6.54 Å². The Balaban J connectivity index is 1.35. The summed E-state index contributed by atoms with van der Waals surface area (Å²) < 4.78 is 5.81. The third-order valence-electron chi connectivity index (χ3n) is 5.49. The standard InChI is InChI=1S/C23H29ClN2O2/c1-17-4-3-5-22(18(17)2)28-15-12-25-23(27)20-10-13-26(14-11-20)16-19-6-8-21(24)9-7-19/h3-9,20H,10-16H2,1-2H3,(H,25,27). The molecular formula is C23H29ClN2O2. The summed E-state index contributed by atoms with van der Waals surface area (Å²) in [6, 6.07) is 14.0. The number of ether oxygens (including phenoxy) is 1. The van der Waals surface area contributed by atoms with E-state index < -0.39 is 0 Å². The predicted octanol–water partition coefficient (Wildman–Crippen LogP) is 4.36. The van der Waals surface area contributed by atoms with E-state index in [0.29, 0.717) is 13.2 Å². The highest BCUT2D eigenvalue weighted by atomic mass is 35.5. The molecule has 0 aliphatic carbocycles. The largest absolute Gasteiger partial charge is 0.491 e. The van der Waals surface area contributed by atoms with Crippen molar-refractivity contribution in [3.05, 3.63) is 64.2 Å². The molecule has 150 valence electrons. The molecule has 1 fully saturated rings. The summed E-state index contributed by atoms with van der Waals surface area (Å²) >= 11 is 5.94. The number of rotatable bonds is 7. The second-order valence-electron chi connectivity index (χ2n) is 7.51. The third-order valence-corrected chi connectivity index (χ3v) is 5.74. The van der Waals surface area contributed by atoms with E-state index in [1.54, 1.807) is 0 Å². The fraction of sp³-hybridized carbons (Fsp3) is 0.435. The molecule has 5 heteroatoms. The zero-order valence-corrected chi connectivity index (χ0v) is 17.5. The molecule has 1 amide bonds. The second kappa shape index (κ2) is 9.94. The second-order valence-corrected chi connectivity index (χ2v) is 7.95. The summed E-state index contributed by atoms with van der Waals surface area (Å²) in [5, 5.41) is 3.79. The van der Waals surface area contributed by atoms with Gasteiger partial charge in [0.1, 0.15) is 12.4 Å². The van der Waals surface area contributed by atoms with Crippen molar-refractivity contribution in [2.75, 3.05) is 26.2 Å². The van der Waals surface area contributed by atoms with Crippen LogP contribution in [0.1, 0.15) is 29.5 Å². The number of benzene rings is 2. The molecule has 28 heavy (non-hydrogen) atoms. The maximum Gasteiger partial charge on any atom is 0.223 e. The lowest BCUT2D eigenvalue weighted by Crippen LogP contribution is -2.41. The summed E-state index contributed by atoms with van der Waals surface area (Å²) in [5.41, 5.74) is 3.63. The molecule has 3 rings (SSSR count). The highest BCUT2D eigenvalue weighted by Crippen LogP contribution is 2.21. The first-order valence-corrected chi connectivity index (χ1v) is 10.3. The van der Waals surface area contributed by atoms with E-state index in [1.165, 1.54) is 11.1 Å². The molecule has 0 atom stereocenters. The van der Waals surface area contributed by atoms with Crippen LogP contribution in [-0.4, -0.2) is 37.0 Å². The molecule has 1 aliphatic heterocycles. The highest BCUT2D eigenvalue weighted by molar-refractivity contribution is 6.30. The van der Waals surface area contributed by atoms with Gasteiger partial charge in [-0.3, -0.25) is 9.69 Å². The van der Waals surface area contributed by atoms with Crippen LogP contribution in [-0.2, 0) is 11.3 Å². The van der Waals surface area contributed by atoms with Crippen LogP contribution >= 0.6 is 11.6 Å². The molecule has 0 radical (unpaired) electrons. The molecule has 0 aromatic heterocycles. The van der Waals surface area contributed by atoms with Gasteiger partial charge < -0.3 is 10.1 Å². The topological polar surface area (TPSA) is 41.6 Å². The SMILES string of the molecule is Cc1cccc(OCCNC(=O)C2CCN(Cc3ccc(Cl)cc3)CC2)c1C. The summed E-state index contributed by atoms with van der Waals surface area (Å²) in [4.78, 5) is 14.8. The Morgan fingerprint density at radius 3 is 2.57 bits per heavy atom. The molecule has 2 aromatic carbocycles. The van der Waals surface area contributed by atoms with Crippen molar-refractivity contribution in [1.29, 1.82) is 0 Å². The van der Waals surface area contributed by atoms with Gasteiger partial charge in [0.15, 0.2) is 0 Å². The molecule has 2 aromatic rings. The van der Waals surface area contributed by atoms with Crippen molar-refractivity contribution < 1.29 is 9.53 Å². The van der Waals surface area contributed by atoms with Gasteiger partial charge >= 0.3 is 0 Å². The fourth-order valence-corrected chi connectivity index (χ4v) is 3.69. The minimum absolute atomic E-state index is 0.0992. The van der Waals surface area contributed by atoms with Crippen LogP contribution in [0.15, 0.2) is 42.5 Å². The van der Waals surface area contributed by atoms with E-state index in [-0.39, 0.29) is 11.8 Å². The third kappa shape index (κ3) is 5.73. The molecule has 1 heterocycles. The average Bonchev–Trinajstić information content (AvgIpc) is 2.70. The van der Waals surface area contributed by atoms with E-state index in [2.05, 4.69) is 42.3 Å². The predicted molar refractivity (Wildman–Crippen MR) is 114 cm³/mol. The number of hydrogen-bond acceptors (Lipinski definition) is 3. The summed E-state index contributed by atoms with van der Waals surface area (Å²) in [7, 11) is 0. The number of hydrogen-bond donors (Lipinski definition) is 1. The maximum atomic E-state index is 12.4. The zero-order chi connectivity index (χ0) is 19.9. The van der Waals surface area contributed by atoms with E-state index in [9.17, 15) is 4.79 Å². The van der Waals surface area contributed by atoms with Crippen LogP contribution in [0.2, 0.25) is 5.02 Å². The number of halogens is 1. The van der Waals surface area contributed by atoms with Crippen molar-refractivity contribution >= 4 is 17.5 Å². The zero-order valence-electron chi connectivity index (χ0n) is 16.7. The average molecular weight is 401 g/mol. The Kier molecular flexibility index (Phi) is 7.35. The van der Waals surface area contributed by atoms with Gasteiger partial charge in [-0.05, 0) is 74.7 Å². The first-order chi connectivity index (χ1) is 13.5. The Labute approximate surface area is 172 Å². The summed E-state index contributed by atoms with van der Waals surface area (Å²) in [6.07, 6.45) is 1.80. The van der Waals surface area contributed by atoms with E-state index in [4.69, 9.17) is 16.3 Å². The van der Waals surface area contributed by atoms with E-state index in [0.717, 1.165) is 48.8 Å². The molecular weight excluding hydrogens is 372 g/mol. The van der Waals surface area contributed by atoms with Crippen LogP contribution in [0.25, 0.3) is 0 Å². The van der Waals surface area contributed by atoms with E-state index in [1.807, 2.05) is 24.3 Å². The van der Waals surface area contributed by atoms with Crippen LogP contribution in [0.3, 0.4) is 0 Å². The number of carbonyl (C=O) groups excluding carboxylic acids is 1. The monoisotopic (exact) mass is 400 g/mol. The lowest BCUT2D eigenvalue weighted by molar-refractivity contribution is -0.126. The van der Waals surface area contributed by atoms with Gasteiger partial charge in [0.25, 0.3) is 0 Å². The van der Waals surface area contributed by atoms with Crippen molar-refractivity contribution in [1.82, 2.24) is 10.2 Å². The molecule has 0 unspecified atom stereocenters. The van der Waals surface area contributed by atoms with Crippen LogP contribution < -0.4 is 10.1 Å². The van der Waals surface area contributed by atoms with Gasteiger partial charge in [0, 0.05) is 17.5 Å². The first-order valence-electron chi connectivity index (χ1n) is 9.96. The number of nitrogens with zero attached hydrogens (tertiary/aromatic N) is 1. The molecule has 1 aliphatic rings. The Bertz CT molecular complexity index is 784. The lowest BCUT2D eigenvalue weighted by atomic mass is 9.95. The minimum Gasteiger partial charge on any atom is -0.491 e. The number of aryl methyl sites for hydroxylation is 1. The highest BCUT2D eigenvalue weighted by Gasteiger charge is 2.24. The molecule has 1 saturated heterocycles. The van der Waals surface area contributed by atoms with Crippen molar-refractivity contribution in [3.8, 4) is 5.75 Å².